The summed E-state index contributed by atoms with van der Waals surface area (Å²) >= 11 is 0. The van der Waals surface area contributed by atoms with E-state index in [1.165, 1.54) is 0 Å². The highest BCUT2D eigenvalue weighted by Crippen LogP contribution is 2.08. The summed E-state index contributed by atoms with van der Waals surface area (Å²) in [5.41, 5.74) is 12.1. The maximum absolute atomic E-state index is 6.03. The van der Waals surface area contributed by atoms with Crippen LogP contribution in [0.3, 0.4) is 0 Å². The molecule has 0 unspecified atom stereocenters. The lowest BCUT2D eigenvalue weighted by molar-refractivity contribution is 1.19. The Morgan fingerprint density at radius 3 is 1.60 bits per heavy atom. The largest absolute Gasteiger partial charge is 0.204 e. The van der Waals surface area contributed by atoms with Crippen LogP contribution < -0.4 is 0 Å². The van der Waals surface area contributed by atoms with Gasteiger partial charge in [-0.05, 0) is 0 Å². The Kier molecular flexibility index (Phi) is 3.36. The maximum Gasteiger partial charge on any atom is 0.170 e. The minimum atomic E-state index is -0.219. The molecule has 4 nitrogen and oxygen atoms in total. The molecule has 0 spiro atoms. The van der Waals surface area contributed by atoms with Crippen molar-refractivity contribution in [3.8, 4) is 0 Å². The molecule has 0 radical (unpaired) electrons. The van der Waals surface area contributed by atoms with Crippen LogP contribution in [0.25, 0.3) is 0 Å². The molecule has 0 heterocycles. The van der Waals surface area contributed by atoms with E-state index in [0.717, 1.165) is 0 Å². The third-order valence-corrected chi connectivity index (χ3v) is 0.300. The lowest BCUT2D eigenvalue weighted by Gasteiger charge is -1.62. The van der Waals surface area contributed by atoms with E-state index < -0.39 is 0 Å². The van der Waals surface area contributed by atoms with Crippen molar-refractivity contribution < 1.29 is 0 Å². The van der Waals surface area contributed by atoms with Gasteiger partial charge in [0.15, 0.2) is 8.88 Å². The van der Waals surface area contributed by atoms with Crippen molar-refractivity contribution in [1.82, 2.24) is 0 Å². The van der Waals surface area contributed by atoms with E-state index >= 15 is 0 Å². The molecule has 0 atom stereocenters. The molecule has 0 bridgehead atoms. The topological polar surface area (TPSA) is 72.4 Å². The van der Waals surface area contributed by atoms with E-state index in [1.807, 2.05) is 0 Å². The summed E-state index contributed by atoms with van der Waals surface area (Å²) in [7, 11) is -0.219. The van der Waals surface area contributed by atoms with Crippen molar-refractivity contribution in [3.05, 3.63) is 0 Å². The van der Waals surface area contributed by atoms with Crippen LogP contribution in [0.4, 0.5) is 0 Å². The van der Waals surface area contributed by atoms with Crippen LogP contribution in [0.5, 0.6) is 0 Å². The average molecular weight is 90.0 g/mol. The second kappa shape index (κ2) is 3.63. The van der Waals surface area contributed by atoms with Gasteiger partial charge in [-0.1, -0.05) is 0 Å². The fraction of sp³-hybridized carbons (Fsp3) is 0. The van der Waals surface area contributed by atoms with E-state index in [1.54, 1.807) is 0 Å². The van der Waals surface area contributed by atoms with Gasteiger partial charge in [0.2, 0.25) is 0 Å². The third-order valence-electron chi connectivity index (χ3n) is 0.100. The van der Waals surface area contributed by atoms with Gasteiger partial charge in [-0.15, -0.1) is 0 Å². The van der Waals surface area contributed by atoms with Crippen molar-refractivity contribution in [2.45, 2.75) is 0 Å². The van der Waals surface area contributed by atoms with Gasteiger partial charge < -0.3 is 0 Å². The molecule has 0 fully saturated rings. The molecule has 5 heteroatoms. The van der Waals surface area contributed by atoms with Crippen LogP contribution in [-0.4, -0.2) is 0 Å². The van der Waals surface area contributed by atoms with Crippen LogP contribution in [0.15, 0.2) is 9.77 Å². The molecule has 0 aliphatic rings. The van der Waals surface area contributed by atoms with E-state index in [9.17, 15) is 0 Å². The summed E-state index contributed by atoms with van der Waals surface area (Å²) in [5, 5.41) is 0. The molecule has 0 aromatic carbocycles. The Bertz CT molecular complexity index is 32.9. The van der Waals surface area contributed by atoms with Crippen LogP contribution in [0.1, 0.15) is 0 Å². The normalized spacial score (nSPS) is 8.80. The smallest absolute Gasteiger partial charge is 0.170 e. The first-order valence-corrected chi connectivity index (χ1v) is 1.79. The Balaban J connectivity index is 2.65. The number of rotatable bonds is 2. The van der Waals surface area contributed by atoms with Gasteiger partial charge >= 0.3 is 0 Å². The van der Waals surface area contributed by atoms with Crippen molar-refractivity contribution in [2.75, 3.05) is 0 Å². The van der Waals surface area contributed by atoms with Crippen molar-refractivity contribution in [1.29, 1.82) is 11.1 Å². The van der Waals surface area contributed by atoms with E-state index in [0.29, 0.717) is 0 Å². The zero-order valence-electron chi connectivity index (χ0n) is 2.39. The molecule has 0 aliphatic heterocycles. The molecule has 0 aliphatic carbocycles. The minimum absolute atomic E-state index is 0.219. The van der Waals surface area contributed by atoms with Crippen LogP contribution >= 0.6 is 8.88 Å². The predicted molar refractivity (Wildman–Crippen MR) is 18.6 cm³/mol. The Labute approximate surface area is 30.9 Å². The van der Waals surface area contributed by atoms with E-state index in [2.05, 4.69) is 9.77 Å². The van der Waals surface area contributed by atoms with Crippen LogP contribution in [0, 0.1) is 11.1 Å². The maximum atomic E-state index is 6.03. The quantitative estimate of drug-likeness (QED) is 0.381. The van der Waals surface area contributed by atoms with Crippen LogP contribution in [0.2, 0.25) is 0 Å². The zero-order chi connectivity index (χ0) is 4.12. The number of nitrogens with one attached hydrogen (secondary N) is 2. The summed E-state index contributed by atoms with van der Waals surface area (Å²) in [6.07, 6.45) is 0. The Morgan fingerprint density at radius 1 is 1.20 bits per heavy atom. The van der Waals surface area contributed by atoms with Gasteiger partial charge in [0.1, 0.15) is 0 Å². The summed E-state index contributed by atoms with van der Waals surface area (Å²) < 4.78 is 0. The molecule has 0 aromatic rings. The molecular weight excluding hydrogens is 87.0 g/mol. The first-order chi connectivity index (χ1) is 2.41. The first-order valence-electron chi connectivity index (χ1n) is 0.894. The monoisotopic (exact) mass is 90.0 g/mol. The van der Waals surface area contributed by atoms with Gasteiger partial charge in [-0.3, -0.25) is 0 Å². The Hall–Kier alpha value is -0.370. The van der Waals surface area contributed by atoms with Crippen molar-refractivity contribution in [3.63, 3.8) is 0 Å². The molecule has 0 aromatic heterocycles. The molecule has 5 heavy (non-hydrogen) atoms. The summed E-state index contributed by atoms with van der Waals surface area (Å²) in [6.45, 7) is 0. The van der Waals surface area contributed by atoms with E-state index in [4.69, 9.17) is 11.1 Å². The molecule has 0 saturated heterocycles. The SMILES string of the molecule is N=NPN=N. The fourth-order valence-electron chi connectivity index (χ4n) is 0.0250. The van der Waals surface area contributed by atoms with Gasteiger partial charge in [0.25, 0.3) is 0 Å². The lowest BCUT2D eigenvalue weighted by atomic mass is 13.2. The molecular formula is H3N4P. The first kappa shape index (κ1) is 4.63. The second-order valence-corrected chi connectivity index (χ2v) is 0.971. The van der Waals surface area contributed by atoms with Crippen molar-refractivity contribution in [2.24, 2.45) is 9.77 Å². The number of hydrogen-bond donors (Lipinski definition) is 2. The zero-order valence-corrected chi connectivity index (χ0v) is 3.39. The molecule has 28 valence electrons. The third kappa shape index (κ3) is 3.63. The van der Waals surface area contributed by atoms with Crippen LogP contribution in [-0.2, 0) is 0 Å². The molecule has 0 amide bonds. The highest BCUT2D eigenvalue weighted by atomic mass is 31.1. The lowest BCUT2D eigenvalue weighted by Crippen LogP contribution is -1.19. The summed E-state index contributed by atoms with van der Waals surface area (Å²) in [6, 6.07) is 0. The predicted octanol–water partition coefficient (Wildman–Crippen LogP) is 1.56. The van der Waals surface area contributed by atoms with Gasteiger partial charge in [-0.25, -0.2) is 11.1 Å². The average Bonchev–Trinajstić information content (AvgIpc) is 1.41. The van der Waals surface area contributed by atoms with Crippen molar-refractivity contribution >= 4 is 8.88 Å². The number of nitrogens with zero attached hydrogens (tertiary/aromatic N) is 2. The standard InChI is InChI=1S/H3N4P/c1-3-5-4-2/h1-2,5H. The molecule has 0 rings (SSSR count). The van der Waals surface area contributed by atoms with E-state index in [-0.39, 0.29) is 8.88 Å². The summed E-state index contributed by atoms with van der Waals surface area (Å²) in [4.78, 5) is 5.56. The molecule has 0 saturated carbocycles. The summed E-state index contributed by atoms with van der Waals surface area (Å²) in [5.74, 6) is 0. The second-order valence-electron chi connectivity index (χ2n) is 0.324. The minimum Gasteiger partial charge on any atom is -0.204 e. The molecule has 2 N–H and O–H groups in total. The number of hydrogen-bond acceptors (Lipinski definition) is 4. The van der Waals surface area contributed by atoms with Gasteiger partial charge in [0, 0.05) is 0 Å². The fourth-order valence-corrected chi connectivity index (χ4v) is 0.0750. The van der Waals surface area contributed by atoms with Gasteiger partial charge in [-0.2, -0.15) is 9.77 Å². The highest BCUT2D eigenvalue weighted by Gasteiger charge is 1.57. The van der Waals surface area contributed by atoms with Gasteiger partial charge in [0.05, 0.1) is 0 Å². The highest BCUT2D eigenvalue weighted by molar-refractivity contribution is 7.34. The Morgan fingerprint density at radius 2 is 1.60 bits per heavy atom.